The van der Waals surface area contributed by atoms with E-state index in [1.165, 1.54) is 0 Å². The fourth-order valence-electron chi connectivity index (χ4n) is 1.83. The minimum Gasteiger partial charge on any atom is -0.452 e. The van der Waals surface area contributed by atoms with E-state index < -0.39 is 0 Å². The summed E-state index contributed by atoms with van der Waals surface area (Å²) >= 11 is 40.6. The molecule has 1 nitrogen and oxygen atoms in total. The van der Waals surface area contributed by atoms with Crippen LogP contribution in [0.5, 0.6) is 11.5 Å². The van der Waals surface area contributed by atoms with Gasteiger partial charge in [0.25, 0.3) is 0 Å². The van der Waals surface area contributed by atoms with Crippen molar-refractivity contribution in [2.75, 3.05) is 0 Å². The summed E-state index contributed by atoms with van der Waals surface area (Å²) in [7, 11) is 0. The largest absolute Gasteiger partial charge is 0.452 e. The van der Waals surface area contributed by atoms with Crippen molar-refractivity contribution in [1.82, 2.24) is 0 Å². The van der Waals surface area contributed by atoms with Gasteiger partial charge in [-0.15, -0.1) is 23.2 Å². The molecule has 136 valence electrons. The Balaban J connectivity index is 2.70. The van der Waals surface area contributed by atoms with Crippen molar-refractivity contribution >= 4 is 151 Å². The third-order valence-corrected chi connectivity index (χ3v) is 12.3. The van der Waals surface area contributed by atoms with Gasteiger partial charge in [-0.2, -0.15) is 0 Å². The van der Waals surface area contributed by atoms with Crippen LogP contribution >= 0.6 is 151 Å². The zero-order chi connectivity index (χ0) is 19.0. The highest BCUT2D eigenvalue weighted by Crippen LogP contribution is 2.53. The van der Waals surface area contributed by atoms with Crippen molar-refractivity contribution in [3.8, 4) is 11.5 Å². The van der Waals surface area contributed by atoms with Crippen LogP contribution in [0, 0.1) is 0 Å². The summed E-state index contributed by atoms with van der Waals surface area (Å²) < 4.78 is 12.5. The van der Waals surface area contributed by atoms with Crippen molar-refractivity contribution in [2.45, 2.75) is 11.8 Å². The molecular weight excluding hydrogens is 894 g/mol. The maximum atomic E-state index is 6.23. The normalized spacial score (nSPS) is 11.1. The minimum absolute atomic E-state index is 0.341. The van der Waals surface area contributed by atoms with Crippen LogP contribution in [-0.4, -0.2) is 0 Å². The summed E-state index contributed by atoms with van der Waals surface area (Å²) in [4.78, 5) is 0. The van der Waals surface area contributed by atoms with E-state index in [9.17, 15) is 0 Å². The van der Waals surface area contributed by atoms with E-state index in [0.717, 1.165) is 46.9 Å². The Morgan fingerprint density at radius 3 is 0.920 bits per heavy atom. The molecule has 11 heteroatoms. The van der Waals surface area contributed by atoms with E-state index in [0.29, 0.717) is 23.3 Å². The number of rotatable bonds is 4. The molecule has 0 saturated carbocycles. The summed E-state index contributed by atoms with van der Waals surface area (Å²) in [5, 5.41) is 0. The van der Waals surface area contributed by atoms with Gasteiger partial charge in [-0.3, -0.25) is 0 Å². The highest BCUT2D eigenvalue weighted by Gasteiger charge is 2.25. The first-order chi connectivity index (χ1) is 11.7. The van der Waals surface area contributed by atoms with Crippen LogP contribution in [0.25, 0.3) is 0 Å². The Morgan fingerprint density at radius 2 is 0.720 bits per heavy atom. The summed E-state index contributed by atoms with van der Waals surface area (Å²) in [6.07, 6.45) is 0. The van der Waals surface area contributed by atoms with Gasteiger partial charge in [-0.05, 0) is 139 Å². The van der Waals surface area contributed by atoms with Crippen molar-refractivity contribution < 1.29 is 4.74 Å². The Hall–Kier alpha value is 2.66. The molecule has 0 bridgehead atoms. The van der Waals surface area contributed by atoms with Crippen LogP contribution in [0.15, 0.2) is 35.8 Å². The number of hydrogen-bond acceptors (Lipinski definition) is 1. The molecule has 25 heavy (non-hydrogen) atoms. The first-order valence-corrected chi connectivity index (χ1v) is 13.6. The topological polar surface area (TPSA) is 9.23 Å². The van der Waals surface area contributed by atoms with Gasteiger partial charge in [0.05, 0.1) is 17.9 Å². The van der Waals surface area contributed by atoms with E-state index >= 15 is 0 Å². The van der Waals surface area contributed by atoms with Gasteiger partial charge in [0, 0.05) is 29.7 Å². The molecule has 0 unspecified atom stereocenters. The molecule has 0 radical (unpaired) electrons. The zero-order valence-corrected chi connectivity index (χ0v) is 25.8. The SMILES string of the molecule is ClCc1c(Br)c(Br)c(Oc2c(Br)c(Br)c(CCl)c(Br)c2Br)c(Br)c1Br. The average molecular weight is 898 g/mol. The molecule has 0 N–H and O–H groups in total. The smallest absolute Gasteiger partial charge is 0.158 e. The predicted molar refractivity (Wildman–Crippen MR) is 134 cm³/mol. The molecule has 0 atom stereocenters. The molecule has 0 aliphatic heterocycles. The lowest BCUT2D eigenvalue weighted by molar-refractivity contribution is 0.468. The Bertz CT molecular complexity index is 728. The van der Waals surface area contributed by atoms with E-state index in [2.05, 4.69) is 127 Å². The van der Waals surface area contributed by atoms with Crippen molar-refractivity contribution in [3.05, 3.63) is 46.9 Å². The fraction of sp³-hybridized carbons (Fsp3) is 0.143. The quantitative estimate of drug-likeness (QED) is 0.219. The zero-order valence-electron chi connectivity index (χ0n) is 11.6. The Kier molecular flexibility index (Phi) is 9.68. The lowest BCUT2D eigenvalue weighted by Crippen LogP contribution is -1.97. The molecule has 0 amide bonds. The Labute approximate surface area is 222 Å². The molecule has 2 rings (SSSR count). The van der Waals surface area contributed by atoms with Crippen molar-refractivity contribution in [1.29, 1.82) is 0 Å². The second-order valence-electron chi connectivity index (χ2n) is 4.50. The van der Waals surface area contributed by atoms with E-state index in [1.807, 2.05) is 0 Å². The summed E-state index contributed by atoms with van der Waals surface area (Å²) in [5.74, 6) is 1.86. The predicted octanol–water partition coefficient (Wildman–Crippen LogP) is 11.1. The van der Waals surface area contributed by atoms with Gasteiger partial charge in [0.1, 0.15) is 0 Å². The highest BCUT2D eigenvalue weighted by molar-refractivity contribution is 9.14. The van der Waals surface area contributed by atoms with Gasteiger partial charge < -0.3 is 4.74 Å². The Morgan fingerprint density at radius 1 is 0.480 bits per heavy atom. The molecule has 0 spiro atoms. The maximum Gasteiger partial charge on any atom is 0.158 e. The third kappa shape index (κ3) is 4.71. The lowest BCUT2D eigenvalue weighted by atomic mass is 10.2. The molecule has 0 aromatic heterocycles. The monoisotopic (exact) mass is 889 g/mol. The van der Waals surface area contributed by atoms with Crippen LogP contribution in [-0.2, 0) is 11.8 Å². The second-order valence-corrected chi connectivity index (χ2v) is 11.4. The van der Waals surface area contributed by atoms with Crippen LogP contribution in [0.2, 0.25) is 0 Å². The summed E-state index contributed by atoms with van der Waals surface area (Å²) in [6.45, 7) is 0. The molecule has 0 heterocycles. The molecule has 2 aromatic carbocycles. The number of ether oxygens (including phenoxy) is 1. The number of alkyl halides is 2. The standard InChI is InChI=1S/C14H4Br8Cl2O/c15-5-3(1-23)6(16)10(20)13(9(5)19)25-14-11(21)7(17)4(2-24)8(18)12(14)22/h1-2H2. The molecule has 0 aliphatic rings. The summed E-state index contributed by atoms with van der Waals surface area (Å²) in [6, 6.07) is 0. The van der Waals surface area contributed by atoms with Crippen molar-refractivity contribution in [3.63, 3.8) is 0 Å². The van der Waals surface area contributed by atoms with E-state index in [1.54, 1.807) is 0 Å². The maximum absolute atomic E-state index is 6.23. The first kappa shape index (κ1) is 23.9. The molecule has 0 fully saturated rings. The van der Waals surface area contributed by atoms with E-state index in [4.69, 9.17) is 27.9 Å². The number of halogens is 10. The van der Waals surface area contributed by atoms with Crippen molar-refractivity contribution in [2.24, 2.45) is 0 Å². The third-order valence-electron chi connectivity index (χ3n) is 3.10. The number of hydrogen-bond donors (Lipinski definition) is 0. The van der Waals surface area contributed by atoms with Gasteiger partial charge in [-0.1, -0.05) is 0 Å². The average Bonchev–Trinajstić information content (AvgIpc) is 2.59. The van der Waals surface area contributed by atoms with Crippen LogP contribution < -0.4 is 4.74 Å². The van der Waals surface area contributed by atoms with E-state index in [-0.39, 0.29) is 0 Å². The summed E-state index contributed by atoms with van der Waals surface area (Å²) in [5.41, 5.74) is 1.82. The first-order valence-electron chi connectivity index (χ1n) is 6.16. The number of benzene rings is 2. The molecular formula is C14H4Br8Cl2O. The van der Waals surface area contributed by atoms with Gasteiger partial charge >= 0.3 is 0 Å². The van der Waals surface area contributed by atoms with Gasteiger partial charge in [-0.25, -0.2) is 0 Å². The van der Waals surface area contributed by atoms with Crippen LogP contribution in [0.1, 0.15) is 11.1 Å². The minimum atomic E-state index is 0.341. The highest BCUT2D eigenvalue weighted by atomic mass is 79.9. The molecule has 0 saturated heterocycles. The lowest BCUT2D eigenvalue weighted by Gasteiger charge is -2.19. The van der Waals surface area contributed by atoms with Crippen LogP contribution in [0.4, 0.5) is 0 Å². The fourth-order valence-corrected chi connectivity index (χ4v) is 8.22. The molecule has 0 aliphatic carbocycles. The molecule has 2 aromatic rings. The van der Waals surface area contributed by atoms with Crippen LogP contribution in [0.3, 0.4) is 0 Å². The van der Waals surface area contributed by atoms with Gasteiger partial charge in [0.15, 0.2) is 11.5 Å². The van der Waals surface area contributed by atoms with Gasteiger partial charge in [0.2, 0.25) is 0 Å². The second kappa shape index (κ2) is 10.1.